The summed E-state index contributed by atoms with van der Waals surface area (Å²) in [6.07, 6.45) is 2.95. The van der Waals surface area contributed by atoms with E-state index in [-0.39, 0.29) is 31.1 Å². The number of thioether (sulfide) groups is 1. The van der Waals surface area contributed by atoms with E-state index in [0.29, 0.717) is 10.4 Å². The fourth-order valence-corrected chi connectivity index (χ4v) is 3.51. The van der Waals surface area contributed by atoms with E-state index in [1.54, 1.807) is 37.4 Å². The molecule has 0 aliphatic rings. The molecule has 0 aliphatic heterocycles. The number of pyridine rings is 1. The Hall–Kier alpha value is -2.74. The van der Waals surface area contributed by atoms with Gasteiger partial charge in [0.2, 0.25) is 0 Å². The predicted molar refractivity (Wildman–Crippen MR) is 106 cm³/mol. The summed E-state index contributed by atoms with van der Waals surface area (Å²) in [6, 6.07) is 3.63. The lowest BCUT2D eigenvalue weighted by Crippen LogP contribution is -2.09. The Bertz CT molecular complexity index is 915. The van der Waals surface area contributed by atoms with Gasteiger partial charge in [0.1, 0.15) is 5.69 Å². The normalized spacial score (nSPS) is 11.0. The lowest BCUT2D eigenvalue weighted by molar-refractivity contribution is -0.137. The SMILES string of the molecule is CCOC(=O)/C=C/Sc1c(C(=O)OCC)c2cc(C)ccn2c1C(=O)OCC. The average Bonchev–Trinajstić information content (AvgIpc) is 2.95. The fraction of sp³-hybridized carbons (Fsp3) is 0.350. The molecule has 0 aliphatic carbocycles. The van der Waals surface area contributed by atoms with Crippen LogP contribution in [0.3, 0.4) is 0 Å². The van der Waals surface area contributed by atoms with Gasteiger partial charge in [0.05, 0.1) is 35.8 Å². The Balaban J connectivity index is 2.66. The van der Waals surface area contributed by atoms with E-state index in [4.69, 9.17) is 14.2 Å². The van der Waals surface area contributed by atoms with Crippen LogP contribution in [0.15, 0.2) is 34.7 Å². The maximum atomic E-state index is 12.7. The molecule has 2 aromatic heterocycles. The van der Waals surface area contributed by atoms with Gasteiger partial charge in [-0.2, -0.15) is 0 Å². The van der Waals surface area contributed by atoms with Gasteiger partial charge < -0.3 is 18.6 Å². The maximum Gasteiger partial charge on any atom is 0.356 e. The second kappa shape index (κ2) is 9.98. The Morgan fingerprint density at radius 2 is 1.68 bits per heavy atom. The molecular formula is C20H23NO6S. The first-order valence-corrected chi connectivity index (χ1v) is 9.81. The van der Waals surface area contributed by atoms with E-state index in [2.05, 4.69) is 0 Å². The summed E-state index contributed by atoms with van der Waals surface area (Å²) in [7, 11) is 0. The van der Waals surface area contributed by atoms with Gasteiger partial charge in [-0.3, -0.25) is 0 Å². The van der Waals surface area contributed by atoms with Crippen LogP contribution < -0.4 is 0 Å². The molecule has 0 aromatic carbocycles. The zero-order valence-electron chi connectivity index (χ0n) is 16.3. The Kier molecular flexibility index (Phi) is 7.69. The van der Waals surface area contributed by atoms with Crippen molar-refractivity contribution in [3.8, 4) is 0 Å². The molecule has 0 unspecified atom stereocenters. The topological polar surface area (TPSA) is 83.3 Å². The average molecular weight is 405 g/mol. The molecule has 0 saturated heterocycles. The minimum Gasteiger partial charge on any atom is -0.463 e. The summed E-state index contributed by atoms with van der Waals surface area (Å²) in [5.41, 5.74) is 1.92. The van der Waals surface area contributed by atoms with Crippen LogP contribution in [0, 0.1) is 6.92 Å². The lowest BCUT2D eigenvalue weighted by Gasteiger charge is -2.05. The molecule has 2 rings (SSSR count). The first kappa shape index (κ1) is 21.6. The molecule has 7 nitrogen and oxygen atoms in total. The summed E-state index contributed by atoms with van der Waals surface area (Å²) in [4.78, 5) is 37.2. The molecule has 0 atom stereocenters. The summed E-state index contributed by atoms with van der Waals surface area (Å²) in [6.45, 7) is 7.65. The van der Waals surface area contributed by atoms with Crippen molar-refractivity contribution in [2.45, 2.75) is 32.6 Å². The third-order valence-electron chi connectivity index (χ3n) is 3.67. The molecule has 0 N–H and O–H groups in total. The quantitative estimate of drug-likeness (QED) is 0.286. The van der Waals surface area contributed by atoms with E-state index in [1.807, 2.05) is 13.0 Å². The number of rotatable bonds is 8. The first-order chi connectivity index (χ1) is 13.4. The number of fused-ring (bicyclic) bond motifs is 1. The van der Waals surface area contributed by atoms with Gasteiger partial charge in [0.25, 0.3) is 0 Å². The number of nitrogens with zero attached hydrogens (tertiary/aromatic N) is 1. The van der Waals surface area contributed by atoms with Crippen molar-refractivity contribution in [2.75, 3.05) is 19.8 Å². The van der Waals surface area contributed by atoms with Crippen LogP contribution >= 0.6 is 11.8 Å². The van der Waals surface area contributed by atoms with Crippen molar-refractivity contribution in [3.05, 3.63) is 46.6 Å². The zero-order valence-corrected chi connectivity index (χ0v) is 17.1. The van der Waals surface area contributed by atoms with Crippen molar-refractivity contribution >= 4 is 35.2 Å². The highest BCUT2D eigenvalue weighted by Crippen LogP contribution is 2.35. The molecule has 28 heavy (non-hydrogen) atoms. The number of esters is 3. The number of ether oxygens (including phenoxy) is 3. The Morgan fingerprint density at radius 1 is 1.04 bits per heavy atom. The van der Waals surface area contributed by atoms with Gasteiger partial charge in [-0.1, -0.05) is 11.8 Å². The molecule has 2 aromatic rings. The van der Waals surface area contributed by atoms with Crippen molar-refractivity contribution < 1.29 is 28.6 Å². The van der Waals surface area contributed by atoms with Gasteiger partial charge in [-0.05, 0) is 50.8 Å². The highest BCUT2D eigenvalue weighted by Gasteiger charge is 2.29. The maximum absolute atomic E-state index is 12.7. The number of carbonyl (C=O) groups is 3. The summed E-state index contributed by atoms with van der Waals surface area (Å²) >= 11 is 1.06. The summed E-state index contributed by atoms with van der Waals surface area (Å²) in [5, 5.41) is 1.48. The van der Waals surface area contributed by atoms with E-state index in [0.717, 1.165) is 17.3 Å². The second-order valence-corrected chi connectivity index (χ2v) is 6.54. The highest BCUT2D eigenvalue weighted by molar-refractivity contribution is 8.02. The van der Waals surface area contributed by atoms with Crippen LogP contribution in [0.5, 0.6) is 0 Å². The smallest absolute Gasteiger partial charge is 0.356 e. The monoisotopic (exact) mass is 405 g/mol. The van der Waals surface area contributed by atoms with Gasteiger partial charge >= 0.3 is 17.9 Å². The molecular weight excluding hydrogens is 382 g/mol. The summed E-state index contributed by atoms with van der Waals surface area (Å²) < 4.78 is 16.9. The van der Waals surface area contributed by atoms with Crippen molar-refractivity contribution in [3.63, 3.8) is 0 Å². The summed E-state index contributed by atoms with van der Waals surface area (Å²) in [5.74, 6) is -1.62. The second-order valence-electron chi connectivity index (χ2n) is 5.63. The van der Waals surface area contributed by atoms with Crippen LogP contribution in [0.1, 0.15) is 47.2 Å². The molecule has 150 valence electrons. The van der Waals surface area contributed by atoms with Crippen LogP contribution in [0.25, 0.3) is 5.52 Å². The third kappa shape index (κ3) is 4.75. The Morgan fingerprint density at radius 3 is 2.32 bits per heavy atom. The van der Waals surface area contributed by atoms with Crippen molar-refractivity contribution in [1.29, 1.82) is 0 Å². The van der Waals surface area contributed by atoms with Gasteiger partial charge in [0, 0.05) is 12.3 Å². The van der Waals surface area contributed by atoms with Gasteiger partial charge in [-0.25, -0.2) is 14.4 Å². The van der Waals surface area contributed by atoms with Crippen molar-refractivity contribution in [1.82, 2.24) is 4.40 Å². The molecule has 0 fully saturated rings. The van der Waals surface area contributed by atoms with Crippen molar-refractivity contribution in [2.24, 2.45) is 0 Å². The van der Waals surface area contributed by atoms with Crippen LogP contribution in [-0.4, -0.2) is 42.1 Å². The lowest BCUT2D eigenvalue weighted by atomic mass is 10.2. The number of hydrogen-bond acceptors (Lipinski definition) is 7. The third-order valence-corrected chi connectivity index (χ3v) is 4.58. The van der Waals surface area contributed by atoms with E-state index in [1.165, 1.54) is 11.5 Å². The van der Waals surface area contributed by atoms with Gasteiger partial charge in [-0.15, -0.1) is 0 Å². The molecule has 0 saturated carbocycles. The fourth-order valence-electron chi connectivity index (χ4n) is 2.59. The molecule has 2 heterocycles. The minimum atomic E-state index is -0.566. The number of aryl methyl sites for hydroxylation is 1. The number of hydrogen-bond donors (Lipinski definition) is 0. The zero-order chi connectivity index (χ0) is 20.7. The molecule has 0 bridgehead atoms. The molecule has 0 radical (unpaired) electrons. The molecule has 8 heteroatoms. The van der Waals surface area contributed by atoms with Crippen LogP contribution in [0.2, 0.25) is 0 Å². The standard InChI is InChI=1S/C20H23NO6S/c1-5-25-15(22)9-11-28-18-16(19(23)26-6-2)14-12-13(4)8-10-21(14)17(18)20(24)27-7-3/h8-12H,5-7H2,1-4H3/b11-9+. The van der Waals surface area contributed by atoms with E-state index in [9.17, 15) is 14.4 Å². The van der Waals surface area contributed by atoms with Crippen LogP contribution in [-0.2, 0) is 19.0 Å². The van der Waals surface area contributed by atoms with Gasteiger partial charge in [0.15, 0.2) is 0 Å². The number of carbonyl (C=O) groups excluding carboxylic acids is 3. The molecule has 0 amide bonds. The molecule has 0 spiro atoms. The number of aromatic nitrogens is 1. The highest BCUT2D eigenvalue weighted by atomic mass is 32.2. The van der Waals surface area contributed by atoms with E-state index >= 15 is 0 Å². The first-order valence-electron chi connectivity index (χ1n) is 8.93. The Labute approximate surface area is 167 Å². The van der Waals surface area contributed by atoms with E-state index < -0.39 is 17.9 Å². The predicted octanol–water partition coefficient (Wildman–Crippen LogP) is 3.77. The largest absolute Gasteiger partial charge is 0.463 e. The van der Waals surface area contributed by atoms with Crippen LogP contribution in [0.4, 0.5) is 0 Å². The minimum absolute atomic E-state index is 0.190.